The van der Waals surface area contributed by atoms with E-state index in [-0.39, 0.29) is 0 Å². The van der Waals surface area contributed by atoms with Crippen molar-refractivity contribution in [3.05, 3.63) is 64.1 Å². The number of halogens is 1. The van der Waals surface area contributed by atoms with Crippen LogP contribution < -0.4 is 5.32 Å². The van der Waals surface area contributed by atoms with Crippen LogP contribution in [0.1, 0.15) is 18.1 Å². The van der Waals surface area contributed by atoms with Gasteiger partial charge in [-0.05, 0) is 30.7 Å². The van der Waals surface area contributed by atoms with E-state index in [4.69, 9.17) is 5.26 Å². The average Bonchev–Trinajstić information content (AvgIpc) is 2.48. The Kier molecular flexibility index (Phi) is 4.29. The number of aliphatic carboxylic acids is 1. The van der Waals surface area contributed by atoms with Crippen LogP contribution in [-0.4, -0.2) is 11.1 Å². The topological polar surface area (TPSA) is 73.1 Å². The van der Waals surface area contributed by atoms with Gasteiger partial charge in [0, 0.05) is 4.47 Å². The second kappa shape index (κ2) is 5.98. The van der Waals surface area contributed by atoms with Crippen molar-refractivity contribution in [2.24, 2.45) is 0 Å². The smallest absolute Gasteiger partial charge is 0.333 e. The molecule has 1 unspecified atom stereocenters. The van der Waals surface area contributed by atoms with Gasteiger partial charge < -0.3 is 10.4 Å². The van der Waals surface area contributed by atoms with Gasteiger partial charge in [0.2, 0.25) is 0 Å². The molecule has 2 aromatic carbocycles. The third-order valence-corrected chi connectivity index (χ3v) is 3.76. The number of nitriles is 1. The molecule has 2 aromatic rings. The Morgan fingerprint density at radius 3 is 2.52 bits per heavy atom. The number of rotatable bonds is 4. The fourth-order valence-electron chi connectivity index (χ4n) is 2.01. The highest BCUT2D eigenvalue weighted by Crippen LogP contribution is 2.30. The van der Waals surface area contributed by atoms with Gasteiger partial charge >= 0.3 is 5.97 Å². The lowest BCUT2D eigenvalue weighted by Gasteiger charge is -2.28. The first-order chi connectivity index (χ1) is 9.97. The van der Waals surface area contributed by atoms with Crippen molar-refractivity contribution in [3.63, 3.8) is 0 Å². The second-order valence-corrected chi connectivity index (χ2v) is 5.64. The van der Waals surface area contributed by atoms with Gasteiger partial charge in [0.05, 0.1) is 11.3 Å². The summed E-state index contributed by atoms with van der Waals surface area (Å²) in [6.45, 7) is 1.58. The predicted octanol–water partition coefficient (Wildman–Crippen LogP) is 3.73. The Balaban J connectivity index is 2.50. The van der Waals surface area contributed by atoms with Crippen LogP contribution in [-0.2, 0) is 10.3 Å². The molecule has 0 fully saturated rings. The lowest BCUT2D eigenvalue weighted by molar-refractivity contribution is -0.142. The molecule has 4 nitrogen and oxygen atoms in total. The monoisotopic (exact) mass is 344 g/mol. The number of benzene rings is 2. The van der Waals surface area contributed by atoms with E-state index < -0.39 is 11.5 Å². The zero-order chi connectivity index (χ0) is 15.5. The fourth-order valence-corrected chi connectivity index (χ4v) is 2.37. The molecule has 2 rings (SSSR count). The summed E-state index contributed by atoms with van der Waals surface area (Å²) in [5.74, 6) is -1.02. The zero-order valence-electron chi connectivity index (χ0n) is 11.3. The van der Waals surface area contributed by atoms with E-state index in [1.54, 1.807) is 49.4 Å². The van der Waals surface area contributed by atoms with E-state index in [2.05, 4.69) is 27.3 Å². The highest BCUT2D eigenvalue weighted by Gasteiger charge is 2.35. The SMILES string of the molecule is CC(Nc1cc(Br)ccc1C#N)(C(=O)O)c1ccccc1. The number of hydrogen-bond acceptors (Lipinski definition) is 3. The summed E-state index contributed by atoms with van der Waals surface area (Å²) >= 11 is 3.33. The van der Waals surface area contributed by atoms with Gasteiger partial charge in [-0.15, -0.1) is 0 Å². The van der Waals surface area contributed by atoms with Gasteiger partial charge in [0.1, 0.15) is 6.07 Å². The van der Waals surface area contributed by atoms with Crippen molar-refractivity contribution in [3.8, 4) is 6.07 Å². The molecule has 0 radical (unpaired) electrons. The Bertz CT molecular complexity index is 710. The number of carboxylic acids is 1. The summed E-state index contributed by atoms with van der Waals surface area (Å²) in [4.78, 5) is 11.8. The van der Waals surface area contributed by atoms with Gasteiger partial charge in [0.25, 0.3) is 0 Å². The summed E-state index contributed by atoms with van der Waals surface area (Å²) in [5.41, 5.74) is 0.150. The highest BCUT2D eigenvalue weighted by molar-refractivity contribution is 9.10. The van der Waals surface area contributed by atoms with E-state index >= 15 is 0 Å². The predicted molar refractivity (Wildman–Crippen MR) is 83.9 cm³/mol. The maximum Gasteiger partial charge on any atom is 0.333 e. The number of nitrogens with zero attached hydrogens (tertiary/aromatic N) is 1. The van der Waals surface area contributed by atoms with Crippen molar-refractivity contribution in [2.75, 3.05) is 5.32 Å². The average molecular weight is 345 g/mol. The molecular weight excluding hydrogens is 332 g/mol. The van der Waals surface area contributed by atoms with Crippen LogP contribution in [0, 0.1) is 11.3 Å². The Morgan fingerprint density at radius 2 is 1.95 bits per heavy atom. The molecule has 5 heteroatoms. The summed E-state index contributed by atoms with van der Waals surface area (Å²) < 4.78 is 0.768. The molecule has 0 amide bonds. The number of nitrogens with one attached hydrogen (secondary N) is 1. The van der Waals surface area contributed by atoms with Crippen LogP contribution in [0.5, 0.6) is 0 Å². The molecule has 0 aliphatic rings. The molecular formula is C16H13BrN2O2. The van der Waals surface area contributed by atoms with E-state index in [0.29, 0.717) is 16.8 Å². The Hall–Kier alpha value is -2.32. The fraction of sp³-hybridized carbons (Fsp3) is 0.125. The standard InChI is InChI=1S/C16H13BrN2O2/c1-16(15(20)21,12-5-3-2-4-6-12)19-14-9-13(17)8-7-11(14)10-18/h2-9,19H,1H3,(H,20,21). The van der Waals surface area contributed by atoms with Gasteiger partial charge in [-0.1, -0.05) is 46.3 Å². The lowest BCUT2D eigenvalue weighted by atomic mass is 9.91. The van der Waals surface area contributed by atoms with E-state index in [1.165, 1.54) is 0 Å². The molecule has 0 saturated carbocycles. The molecule has 1 atom stereocenters. The normalized spacial score (nSPS) is 13.0. The molecule has 0 spiro atoms. The van der Waals surface area contributed by atoms with Crippen molar-refractivity contribution in [1.82, 2.24) is 0 Å². The summed E-state index contributed by atoms with van der Waals surface area (Å²) in [6.07, 6.45) is 0. The van der Waals surface area contributed by atoms with E-state index in [9.17, 15) is 9.90 Å². The van der Waals surface area contributed by atoms with E-state index in [1.807, 2.05) is 6.07 Å². The second-order valence-electron chi connectivity index (χ2n) is 4.72. The molecule has 21 heavy (non-hydrogen) atoms. The minimum atomic E-state index is -1.33. The number of hydrogen-bond donors (Lipinski definition) is 2. The molecule has 106 valence electrons. The van der Waals surface area contributed by atoms with Crippen molar-refractivity contribution < 1.29 is 9.90 Å². The minimum absolute atomic E-state index is 0.390. The summed E-state index contributed by atoms with van der Waals surface area (Å²) in [6, 6.07) is 16.0. The minimum Gasteiger partial charge on any atom is -0.479 e. The van der Waals surface area contributed by atoms with Crippen molar-refractivity contribution in [1.29, 1.82) is 5.26 Å². The zero-order valence-corrected chi connectivity index (χ0v) is 12.9. The van der Waals surface area contributed by atoms with Crippen LogP contribution in [0.25, 0.3) is 0 Å². The Morgan fingerprint density at radius 1 is 1.29 bits per heavy atom. The number of carbonyl (C=O) groups is 1. The van der Waals surface area contributed by atoms with Gasteiger partial charge in [-0.3, -0.25) is 0 Å². The first kappa shape index (κ1) is 15.1. The molecule has 0 aromatic heterocycles. The number of carboxylic acid groups (broad SMARTS) is 1. The third kappa shape index (κ3) is 3.06. The number of anilines is 1. The largest absolute Gasteiger partial charge is 0.479 e. The molecule has 0 heterocycles. The maximum atomic E-state index is 11.8. The van der Waals surface area contributed by atoms with Crippen LogP contribution in [0.2, 0.25) is 0 Å². The summed E-state index contributed by atoms with van der Waals surface area (Å²) in [7, 11) is 0. The lowest BCUT2D eigenvalue weighted by Crippen LogP contribution is -2.40. The molecule has 2 N–H and O–H groups in total. The Labute approximate surface area is 131 Å². The summed E-state index contributed by atoms with van der Waals surface area (Å²) in [5, 5.41) is 21.8. The van der Waals surface area contributed by atoms with Crippen LogP contribution in [0.4, 0.5) is 5.69 Å². The van der Waals surface area contributed by atoms with E-state index in [0.717, 1.165) is 4.47 Å². The quantitative estimate of drug-likeness (QED) is 0.886. The maximum absolute atomic E-state index is 11.8. The molecule has 0 saturated heterocycles. The first-order valence-electron chi connectivity index (χ1n) is 6.24. The van der Waals surface area contributed by atoms with Gasteiger partial charge in [0.15, 0.2) is 5.54 Å². The van der Waals surface area contributed by atoms with Gasteiger partial charge in [-0.2, -0.15) is 5.26 Å². The molecule has 0 bridgehead atoms. The first-order valence-corrected chi connectivity index (χ1v) is 7.03. The van der Waals surface area contributed by atoms with Crippen LogP contribution >= 0.6 is 15.9 Å². The van der Waals surface area contributed by atoms with Crippen LogP contribution in [0.15, 0.2) is 53.0 Å². The van der Waals surface area contributed by atoms with Crippen molar-refractivity contribution >= 4 is 27.6 Å². The van der Waals surface area contributed by atoms with Crippen LogP contribution in [0.3, 0.4) is 0 Å². The van der Waals surface area contributed by atoms with Crippen molar-refractivity contribution in [2.45, 2.75) is 12.5 Å². The molecule has 0 aliphatic carbocycles. The third-order valence-electron chi connectivity index (χ3n) is 3.27. The molecule has 0 aliphatic heterocycles. The highest BCUT2D eigenvalue weighted by atomic mass is 79.9. The van der Waals surface area contributed by atoms with Gasteiger partial charge in [-0.25, -0.2) is 4.79 Å².